The summed E-state index contributed by atoms with van der Waals surface area (Å²) in [6.07, 6.45) is 2.22. The van der Waals surface area contributed by atoms with E-state index in [0.29, 0.717) is 5.92 Å². The van der Waals surface area contributed by atoms with Crippen molar-refractivity contribution in [3.8, 4) is 0 Å². The zero-order valence-corrected chi connectivity index (χ0v) is 12.5. The molecule has 19 heavy (non-hydrogen) atoms. The zero-order valence-electron chi connectivity index (χ0n) is 11.7. The molecule has 0 spiro atoms. The van der Waals surface area contributed by atoms with Crippen molar-refractivity contribution in [2.75, 3.05) is 13.1 Å². The van der Waals surface area contributed by atoms with E-state index in [0.717, 1.165) is 30.9 Å². The van der Waals surface area contributed by atoms with E-state index in [2.05, 4.69) is 59.9 Å². The van der Waals surface area contributed by atoms with Gasteiger partial charge in [0, 0.05) is 11.9 Å². The molecule has 1 aromatic carbocycles. The maximum absolute atomic E-state index is 4.55. The van der Waals surface area contributed by atoms with Gasteiger partial charge >= 0.3 is 0 Å². The van der Waals surface area contributed by atoms with Gasteiger partial charge in [0.2, 0.25) is 0 Å². The first kappa shape index (κ1) is 14.2. The fraction of sp³-hybridized carbons (Fsp3) is 0.438. The fourth-order valence-electron chi connectivity index (χ4n) is 2.28. The second-order valence-corrected chi connectivity index (χ2v) is 5.87. The molecule has 0 bridgehead atoms. The van der Waals surface area contributed by atoms with E-state index in [-0.39, 0.29) is 0 Å². The Bertz CT molecular complexity index is 479. The smallest absolute Gasteiger partial charge is 0.0897 e. The molecular weight excluding hydrogens is 252 g/mol. The molecule has 1 unspecified atom stereocenters. The van der Waals surface area contributed by atoms with Crippen molar-refractivity contribution in [1.82, 2.24) is 10.3 Å². The molecule has 0 saturated heterocycles. The van der Waals surface area contributed by atoms with Gasteiger partial charge in [0.05, 0.1) is 10.7 Å². The van der Waals surface area contributed by atoms with E-state index < -0.39 is 0 Å². The number of thiazole rings is 1. The van der Waals surface area contributed by atoms with Crippen LogP contribution in [0.5, 0.6) is 0 Å². The van der Waals surface area contributed by atoms with Crippen LogP contribution in [-0.4, -0.2) is 18.1 Å². The zero-order chi connectivity index (χ0) is 13.5. The molecule has 3 heteroatoms. The predicted octanol–water partition coefficient (Wildman–Crippen LogP) is 3.78. The normalized spacial score (nSPS) is 12.5. The van der Waals surface area contributed by atoms with Crippen LogP contribution in [0.4, 0.5) is 0 Å². The number of nitrogens with one attached hydrogen (secondary N) is 1. The number of hydrogen-bond donors (Lipinski definition) is 1. The fourth-order valence-corrected chi connectivity index (χ4v) is 2.92. The minimum atomic E-state index is 0.572. The maximum atomic E-state index is 4.55. The second-order valence-electron chi connectivity index (χ2n) is 4.81. The lowest BCUT2D eigenvalue weighted by molar-refractivity contribution is 0.559. The number of benzene rings is 1. The van der Waals surface area contributed by atoms with Crippen LogP contribution in [-0.2, 0) is 6.42 Å². The molecule has 102 valence electrons. The molecule has 0 amide bonds. The Morgan fingerprint density at radius 1 is 1.26 bits per heavy atom. The monoisotopic (exact) mass is 274 g/mol. The van der Waals surface area contributed by atoms with Crippen LogP contribution in [0.25, 0.3) is 0 Å². The topological polar surface area (TPSA) is 24.9 Å². The van der Waals surface area contributed by atoms with Gasteiger partial charge in [-0.15, -0.1) is 11.3 Å². The highest BCUT2D eigenvalue weighted by Crippen LogP contribution is 2.21. The highest BCUT2D eigenvalue weighted by Gasteiger charge is 2.11. The highest BCUT2D eigenvalue weighted by molar-refractivity contribution is 7.09. The molecule has 1 atom stereocenters. The summed E-state index contributed by atoms with van der Waals surface area (Å²) in [5, 5.41) is 6.82. The quantitative estimate of drug-likeness (QED) is 0.831. The van der Waals surface area contributed by atoms with E-state index in [1.807, 2.05) is 0 Å². The second kappa shape index (κ2) is 7.41. The summed E-state index contributed by atoms with van der Waals surface area (Å²) < 4.78 is 0. The number of aryl methyl sites for hydroxylation is 2. The Labute approximate surface area is 119 Å². The summed E-state index contributed by atoms with van der Waals surface area (Å²) in [5.74, 6) is 0.572. The Balaban J connectivity index is 1.97. The number of hydrogen-bond acceptors (Lipinski definition) is 3. The van der Waals surface area contributed by atoms with Crippen molar-refractivity contribution in [3.63, 3.8) is 0 Å². The van der Waals surface area contributed by atoms with Gasteiger partial charge in [0.25, 0.3) is 0 Å². The summed E-state index contributed by atoms with van der Waals surface area (Å²) in [6, 6.07) is 10.8. The molecule has 0 saturated carbocycles. The number of aromatic nitrogens is 1. The lowest BCUT2D eigenvalue weighted by atomic mass is 9.93. The van der Waals surface area contributed by atoms with Crippen LogP contribution < -0.4 is 5.32 Å². The largest absolute Gasteiger partial charge is 0.316 e. The minimum absolute atomic E-state index is 0.572. The van der Waals surface area contributed by atoms with Gasteiger partial charge in [0.1, 0.15) is 0 Å². The summed E-state index contributed by atoms with van der Waals surface area (Å²) >= 11 is 1.74. The molecule has 2 nitrogen and oxygen atoms in total. The molecule has 1 N–H and O–H groups in total. The number of nitrogens with zero attached hydrogens (tertiary/aromatic N) is 1. The average Bonchev–Trinajstić information content (AvgIpc) is 2.86. The van der Waals surface area contributed by atoms with Gasteiger partial charge in [-0.1, -0.05) is 37.3 Å². The summed E-state index contributed by atoms with van der Waals surface area (Å²) in [5.41, 5.74) is 2.66. The van der Waals surface area contributed by atoms with E-state index in [9.17, 15) is 0 Å². The molecular formula is C16H22N2S. The van der Waals surface area contributed by atoms with E-state index >= 15 is 0 Å². The van der Waals surface area contributed by atoms with Crippen LogP contribution in [0.15, 0.2) is 35.7 Å². The van der Waals surface area contributed by atoms with Crippen molar-refractivity contribution in [3.05, 3.63) is 52.0 Å². The Morgan fingerprint density at radius 3 is 2.68 bits per heavy atom. The number of rotatable bonds is 7. The van der Waals surface area contributed by atoms with Crippen molar-refractivity contribution >= 4 is 11.3 Å². The molecule has 0 aliphatic heterocycles. The third-order valence-corrected chi connectivity index (χ3v) is 4.15. The SMILES string of the molecule is CCNCC(CCc1csc(C)n1)c1ccccc1. The van der Waals surface area contributed by atoms with Crippen molar-refractivity contribution < 1.29 is 0 Å². The Morgan fingerprint density at radius 2 is 2.05 bits per heavy atom. The Hall–Kier alpha value is -1.19. The molecule has 1 heterocycles. The van der Waals surface area contributed by atoms with Gasteiger partial charge in [0.15, 0.2) is 0 Å². The lowest BCUT2D eigenvalue weighted by Crippen LogP contribution is -2.21. The van der Waals surface area contributed by atoms with E-state index in [4.69, 9.17) is 0 Å². The van der Waals surface area contributed by atoms with Crippen molar-refractivity contribution in [2.24, 2.45) is 0 Å². The molecule has 0 aliphatic carbocycles. The van der Waals surface area contributed by atoms with E-state index in [1.165, 1.54) is 11.3 Å². The lowest BCUT2D eigenvalue weighted by Gasteiger charge is -2.17. The molecule has 0 aliphatic rings. The molecule has 2 aromatic rings. The third kappa shape index (κ3) is 4.44. The van der Waals surface area contributed by atoms with Crippen LogP contribution in [0.2, 0.25) is 0 Å². The van der Waals surface area contributed by atoms with Crippen LogP contribution in [0.3, 0.4) is 0 Å². The summed E-state index contributed by atoms with van der Waals surface area (Å²) in [6.45, 7) is 6.30. The summed E-state index contributed by atoms with van der Waals surface area (Å²) in [4.78, 5) is 4.55. The highest BCUT2D eigenvalue weighted by atomic mass is 32.1. The molecule has 0 fully saturated rings. The van der Waals surface area contributed by atoms with Crippen molar-refractivity contribution in [2.45, 2.75) is 32.6 Å². The van der Waals surface area contributed by atoms with Gasteiger partial charge in [-0.05, 0) is 37.8 Å². The van der Waals surface area contributed by atoms with Gasteiger partial charge in [-0.3, -0.25) is 0 Å². The van der Waals surface area contributed by atoms with Gasteiger partial charge < -0.3 is 5.32 Å². The number of likely N-dealkylation sites (N-methyl/N-ethyl adjacent to an activating group) is 1. The first-order valence-electron chi connectivity index (χ1n) is 6.96. The predicted molar refractivity (Wildman–Crippen MR) is 82.9 cm³/mol. The molecule has 0 radical (unpaired) electrons. The Kier molecular flexibility index (Phi) is 5.55. The minimum Gasteiger partial charge on any atom is -0.316 e. The molecule has 2 rings (SSSR count). The van der Waals surface area contributed by atoms with Gasteiger partial charge in [-0.2, -0.15) is 0 Å². The summed E-state index contributed by atoms with van der Waals surface area (Å²) in [7, 11) is 0. The first-order valence-corrected chi connectivity index (χ1v) is 7.84. The average molecular weight is 274 g/mol. The van der Waals surface area contributed by atoms with Crippen LogP contribution in [0.1, 0.15) is 35.5 Å². The van der Waals surface area contributed by atoms with Crippen LogP contribution >= 0.6 is 11.3 Å². The van der Waals surface area contributed by atoms with Gasteiger partial charge in [-0.25, -0.2) is 4.98 Å². The third-order valence-electron chi connectivity index (χ3n) is 3.33. The van der Waals surface area contributed by atoms with Crippen LogP contribution in [0, 0.1) is 6.92 Å². The van der Waals surface area contributed by atoms with E-state index in [1.54, 1.807) is 11.3 Å². The molecule has 1 aromatic heterocycles. The van der Waals surface area contributed by atoms with Crippen molar-refractivity contribution in [1.29, 1.82) is 0 Å². The standard InChI is InChI=1S/C16H22N2S/c1-3-17-11-15(14-7-5-4-6-8-14)9-10-16-12-19-13(2)18-16/h4-8,12,15,17H,3,9-11H2,1-2H3. The maximum Gasteiger partial charge on any atom is 0.0897 e. The first-order chi connectivity index (χ1) is 9.29.